The zero-order valence-corrected chi connectivity index (χ0v) is 10.3. The van der Waals surface area contributed by atoms with E-state index in [1.165, 1.54) is 7.11 Å². The van der Waals surface area contributed by atoms with Gasteiger partial charge in [-0.2, -0.15) is 0 Å². The molecular formula is C12H19NO3. The molecule has 0 saturated carbocycles. The van der Waals surface area contributed by atoms with Crippen molar-refractivity contribution in [1.82, 2.24) is 0 Å². The lowest BCUT2D eigenvalue weighted by Gasteiger charge is -2.26. The highest BCUT2D eigenvalue weighted by atomic mass is 16.5. The number of aryl methyl sites for hydroxylation is 2. The number of hydrogen-bond acceptors (Lipinski definition) is 4. The SMILES string of the molecule is COC(=O)CC(C)(CN)c1cc(C)oc1C. The maximum absolute atomic E-state index is 11.4. The van der Waals surface area contributed by atoms with E-state index in [0.717, 1.165) is 17.1 Å². The Kier molecular flexibility index (Phi) is 3.75. The lowest BCUT2D eigenvalue weighted by Crippen LogP contribution is -2.35. The molecule has 0 bridgehead atoms. The lowest BCUT2D eigenvalue weighted by atomic mass is 9.79. The van der Waals surface area contributed by atoms with E-state index in [9.17, 15) is 4.79 Å². The molecule has 0 spiro atoms. The van der Waals surface area contributed by atoms with E-state index in [2.05, 4.69) is 0 Å². The Labute approximate surface area is 95.8 Å². The van der Waals surface area contributed by atoms with Gasteiger partial charge in [0.1, 0.15) is 11.5 Å². The molecule has 1 heterocycles. The molecule has 1 atom stereocenters. The second-order valence-corrected chi connectivity index (χ2v) is 4.34. The average molecular weight is 225 g/mol. The molecule has 0 aliphatic rings. The maximum atomic E-state index is 11.4. The van der Waals surface area contributed by atoms with Gasteiger partial charge in [-0.15, -0.1) is 0 Å². The van der Waals surface area contributed by atoms with Crippen LogP contribution in [-0.2, 0) is 14.9 Å². The molecule has 0 amide bonds. The van der Waals surface area contributed by atoms with E-state index in [1.807, 2.05) is 26.8 Å². The van der Waals surface area contributed by atoms with Crippen molar-refractivity contribution < 1.29 is 13.9 Å². The minimum atomic E-state index is -0.422. The molecular weight excluding hydrogens is 206 g/mol. The first-order valence-corrected chi connectivity index (χ1v) is 5.27. The number of carbonyl (C=O) groups is 1. The Morgan fingerprint density at radius 1 is 1.56 bits per heavy atom. The van der Waals surface area contributed by atoms with Gasteiger partial charge in [0.25, 0.3) is 0 Å². The van der Waals surface area contributed by atoms with Gasteiger partial charge >= 0.3 is 5.97 Å². The Morgan fingerprint density at radius 2 is 2.19 bits per heavy atom. The van der Waals surface area contributed by atoms with E-state index in [0.29, 0.717) is 6.54 Å². The number of rotatable bonds is 4. The second kappa shape index (κ2) is 4.70. The van der Waals surface area contributed by atoms with Gasteiger partial charge in [0, 0.05) is 17.5 Å². The zero-order valence-electron chi connectivity index (χ0n) is 10.3. The van der Waals surface area contributed by atoms with Crippen LogP contribution in [0.4, 0.5) is 0 Å². The van der Waals surface area contributed by atoms with Crippen molar-refractivity contribution in [3.63, 3.8) is 0 Å². The summed E-state index contributed by atoms with van der Waals surface area (Å²) in [7, 11) is 1.38. The van der Waals surface area contributed by atoms with Crippen molar-refractivity contribution in [1.29, 1.82) is 0 Å². The second-order valence-electron chi connectivity index (χ2n) is 4.34. The summed E-state index contributed by atoms with van der Waals surface area (Å²) in [4.78, 5) is 11.4. The van der Waals surface area contributed by atoms with Gasteiger partial charge in [-0.25, -0.2) is 0 Å². The predicted octanol–water partition coefficient (Wildman–Crippen LogP) is 1.68. The minimum Gasteiger partial charge on any atom is -0.469 e. The Morgan fingerprint density at radius 3 is 2.56 bits per heavy atom. The largest absolute Gasteiger partial charge is 0.469 e. The molecule has 4 heteroatoms. The van der Waals surface area contributed by atoms with Crippen molar-refractivity contribution >= 4 is 5.97 Å². The van der Waals surface area contributed by atoms with Crippen LogP contribution in [0.5, 0.6) is 0 Å². The molecule has 0 radical (unpaired) electrons. The maximum Gasteiger partial charge on any atom is 0.306 e. The fourth-order valence-corrected chi connectivity index (χ4v) is 1.90. The summed E-state index contributed by atoms with van der Waals surface area (Å²) < 4.78 is 10.2. The van der Waals surface area contributed by atoms with E-state index >= 15 is 0 Å². The van der Waals surface area contributed by atoms with Gasteiger partial charge in [0.05, 0.1) is 13.5 Å². The highest BCUT2D eigenvalue weighted by molar-refractivity contribution is 5.71. The summed E-state index contributed by atoms with van der Waals surface area (Å²) in [6.07, 6.45) is 0.264. The molecule has 16 heavy (non-hydrogen) atoms. The Hall–Kier alpha value is -1.29. The van der Waals surface area contributed by atoms with E-state index in [1.54, 1.807) is 0 Å². The molecule has 1 aromatic heterocycles. The normalized spacial score (nSPS) is 14.6. The summed E-state index contributed by atoms with van der Waals surface area (Å²) in [6.45, 7) is 6.09. The fourth-order valence-electron chi connectivity index (χ4n) is 1.90. The molecule has 1 unspecified atom stereocenters. The van der Waals surface area contributed by atoms with Crippen molar-refractivity contribution in [2.24, 2.45) is 5.73 Å². The Balaban J connectivity index is 3.04. The van der Waals surface area contributed by atoms with Crippen LogP contribution in [-0.4, -0.2) is 19.6 Å². The van der Waals surface area contributed by atoms with Gasteiger partial charge in [-0.3, -0.25) is 4.79 Å². The van der Waals surface area contributed by atoms with E-state index < -0.39 is 5.41 Å². The molecule has 2 N–H and O–H groups in total. The highest BCUT2D eigenvalue weighted by Gasteiger charge is 2.32. The summed E-state index contributed by atoms with van der Waals surface area (Å²) in [6, 6.07) is 1.94. The number of esters is 1. The number of hydrogen-bond donors (Lipinski definition) is 1. The quantitative estimate of drug-likeness (QED) is 0.792. The smallest absolute Gasteiger partial charge is 0.306 e. The van der Waals surface area contributed by atoms with Gasteiger partial charge in [0.2, 0.25) is 0 Å². The fraction of sp³-hybridized carbons (Fsp3) is 0.583. The third-order valence-electron chi connectivity index (χ3n) is 2.90. The molecule has 0 aliphatic heterocycles. The average Bonchev–Trinajstić information content (AvgIpc) is 2.58. The van der Waals surface area contributed by atoms with Gasteiger partial charge in [-0.1, -0.05) is 6.92 Å². The van der Waals surface area contributed by atoms with Gasteiger partial charge in [-0.05, 0) is 19.9 Å². The van der Waals surface area contributed by atoms with Crippen molar-refractivity contribution in [2.75, 3.05) is 13.7 Å². The number of methoxy groups -OCH3 is 1. The standard InChI is InChI=1S/C12H19NO3/c1-8-5-10(9(2)16-8)12(3,7-13)6-11(14)15-4/h5H,6-7,13H2,1-4H3. The summed E-state index contributed by atoms with van der Waals surface area (Å²) >= 11 is 0. The summed E-state index contributed by atoms with van der Waals surface area (Å²) in [5.41, 5.74) is 6.33. The molecule has 1 aromatic rings. The zero-order chi connectivity index (χ0) is 12.3. The van der Waals surface area contributed by atoms with Crippen molar-refractivity contribution in [3.8, 4) is 0 Å². The van der Waals surface area contributed by atoms with Gasteiger partial charge < -0.3 is 14.9 Å². The van der Waals surface area contributed by atoms with Gasteiger partial charge in [0.15, 0.2) is 0 Å². The third-order valence-corrected chi connectivity index (χ3v) is 2.90. The van der Waals surface area contributed by atoms with Crippen LogP contribution in [0.3, 0.4) is 0 Å². The first-order chi connectivity index (χ1) is 7.42. The molecule has 90 valence electrons. The molecule has 0 fully saturated rings. The van der Waals surface area contributed by atoms with Crippen LogP contribution in [0.25, 0.3) is 0 Å². The predicted molar refractivity (Wildman–Crippen MR) is 61.2 cm³/mol. The van der Waals surface area contributed by atoms with Crippen LogP contribution in [0.1, 0.15) is 30.4 Å². The number of carbonyl (C=O) groups excluding carboxylic acids is 1. The molecule has 1 rings (SSSR count). The molecule has 0 saturated heterocycles. The topological polar surface area (TPSA) is 65.5 Å². The van der Waals surface area contributed by atoms with Crippen LogP contribution >= 0.6 is 0 Å². The van der Waals surface area contributed by atoms with Crippen LogP contribution in [0.15, 0.2) is 10.5 Å². The van der Waals surface area contributed by atoms with E-state index in [-0.39, 0.29) is 12.4 Å². The first-order valence-electron chi connectivity index (χ1n) is 5.27. The highest BCUT2D eigenvalue weighted by Crippen LogP contribution is 2.31. The first kappa shape index (κ1) is 12.8. The van der Waals surface area contributed by atoms with Crippen LogP contribution in [0, 0.1) is 13.8 Å². The monoisotopic (exact) mass is 225 g/mol. The lowest BCUT2D eigenvalue weighted by molar-refractivity contribution is -0.141. The molecule has 0 aromatic carbocycles. The summed E-state index contributed by atoms with van der Waals surface area (Å²) in [5, 5.41) is 0. The summed E-state index contributed by atoms with van der Waals surface area (Å²) in [5.74, 6) is 1.39. The van der Waals surface area contributed by atoms with Crippen molar-refractivity contribution in [2.45, 2.75) is 32.6 Å². The van der Waals surface area contributed by atoms with Crippen LogP contribution in [0.2, 0.25) is 0 Å². The third kappa shape index (κ3) is 2.44. The Bertz CT molecular complexity index is 384. The molecule has 4 nitrogen and oxygen atoms in total. The number of furan rings is 1. The number of ether oxygens (including phenoxy) is 1. The van der Waals surface area contributed by atoms with Crippen LogP contribution < -0.4 is 5.73 Å². The molecule has 0 aliphatic carbocycles. The number of nitrogens with two attached hydrogens (primary N) is 1. The van der Waals surface area contributed by atoms with E-state index in [4.69, 9.17) is 14.9 Å². The van der Waals surface area contributed by atoms with Crippen molar-refractivity contribution in [3.05, 3.63) is 23.2 Å². The minimum absolute atomic E-state index is 0.258.